The number of sulfonamides is 1. The van der Waals surface area contributed by atoms with Gasteiger partial charge in [0.05, 0.1) is 5.75 Å². The number of nitrogens with zero attached hydrogens (tertiary/aromatic N) is 5. The number of halogens is 2. The molecule has 2 saturated heterocycles. The lowest BCUT2D eigenvalue weighted by molar-refractivity contribution is 0.382. The SMILES string of the molecule is CC1CCN(c2ccc(N3CCN(S(=O)(=O)Cc4cc(F)ccc4F)CC3)nn2)CC1. The van der Waals surface area contributed by atoms with Gasteiger partial charge in [0.25, 0.3) is 0 Å². The van der Waals surface area contributed by atoms with Gasteiger partial charge >= 0.3 is 0 Å². The fourth-order valence-corrected chi connectivity index (χ4v) is 5.55. The van der Waals surface area contributed by atoms with Crippen LogP contribution in [0.2, 0.25) is 0 Å². The van der Waals surface area contributed by atoms with Gasteiger partial charge in [0, 0.05) is 44.8 Å². The number of anilines is 2. The van der Waals surface area contributed by atoms with E-state index >= 15 is 0 Å². The molecule has 2 aromatic rings. The summed E-state index contributed by atoms with van der Waals surface area (Å²) in [4.78, 5) is 4.23. The molecule has 7 nitrogen and oxygen atoms in total. The predicted molar refractivity (Wildman–Crippen MR) is 115 cm³/mol. The van der Waals surface area contributed by atoms with E-state index in [1.807, 2.05) is 17.0 Å². The van der Waals surface area contributed by atoms with Gasteiger partial charge in [-0.05, 0) is 49.1 Å². The molecule has 0 amide bonds. The summed E-state index contributed by atoms with van der Waals surface area (Å²) in [6.07, 6.45) is 2.30. The molecule has 2 fully saturated rings. The van der Waals surface area contributed by atoms with Crippen LogP contribution in [-0.2, 0) is 15.8 Å². The van der Waals surface area contributed by atoms with Gasteiger partial charge in [0.15, 0.2) is 11.6 Å². The minimum Gasteiger partial charge on any atom is -0.355 e. The summed E-state index contributed by atoms with van der Waals surface area (Å²) in [5, 5.41) is 8.72. The topological polar surface area (TPSA) is 69.6 Å². The quantitative estimate of drug-likeness (QED) is 0.696. The molecule has 0 unspecified atom stereocenters. The molecule has 0 spiro atoms. The van der Waals surface area contributed by atoms with Gasteiger partial charge in [-0.25, -0.2) is 17.2 Å². The number of piperidine rings is 1. The number of piperazine rings is 1. The van der Waals surface area contributed by atoms with Crippen molar-refractivity contribution < 1.29 is 17.2 Å². The number of benzene rings is 1. The molecule has 0 saturated carbocycles. The maximum Gasteiger partial charge on any atom is 0.218 e. The first-order valence-corrected chi connectivity index (χ1v) is 12.2. The molecule has 0 aliphatic carbocycles. The Kier molecular flexibility index (Phi) is 6.38. The second kappa shape index (κ2) is 9.04. The Morgan fingerprint density at radius 3 is 2.06 bits per heavy atom. The van der Waals surface area contributed by atoms with Crippen molar-refractivity contribution in [1.82, 2.24) is 14.5 Å². The molecule has 0 atom stereocenters. The summed E-state index contributed by atoms with van der Waals surface area (Å²) in [6.45, 7) is 5.66. The second-order valence-corrected chi connectivity index (χ2v) is 10.3. The van der Waals surface area contributed by atoms with E-state index in [9.17, 15) is 17.2 Å². The van der Waals surface area contributed by atoms with E-state index < -0.39 is 27.4 Å². The molecule has 1 aromatic carbocycles. The first-order chi connectivity index (χ1) is 14.8. The van der Waals surface area contributed by atoms with Crippen LogP contribution in [0.5, 0.6) is 0 Å². The van der Waals surface area contributed by atoms with Crippen molar-refractivity contribution in [3.05, 3.63) is 47.5 Å². The first-order valence-electron chi connectivity index (χ1n) is 10.6. The van der Waals surface area contributed by atoms with Crippen LogP contribution in [-0.4, -0.2) is 62.2 Å². The van der Waals surface area contributed by atoms with E-state index in [0.29, 0.717) is 18.9 Å². The highest BCUT2D eigenvalue weighted by Crippen LogP contribution is 2.23. The molecule has 3 heterocycles. The molecule has 0 N–H and O–H groups in total. The van der Waals surface area contributed by atoms with E-state index in [4.69, 9.17) is 0 Å². The summed E-state index contributed by atoms with van der Waals surface area (Å²) in [6, 6.07) is 6.75. The molecule has 168 valence electrons. The highest BCUT2D eigenvalue weighted by molar-refractivity contribution is 7.88. The van der Waals surface area contributed by atoms with Crippen molar-refractivity contribution in [2.45, 2.75) is 25.5 Å². The Hall–Kier alpha value is -2.33. The highest BCUT2D eigenvalue weighted by Gasteiger charge is 2.29. The second-order valence-electron chi connectivity index (χ2n) is 8.30. The first kappa shape index (κ1) is 21.9. The van der Waals surface area contributed by atoms with Crippen molar-refractivity contribution in [3.8, 4) is 0 Å². The zero-order valence-corrected chi connectivity index (χ0v) is 18.4. The van der Waals surface area contributed by atoms with Gasteiger partial charge in [-0.15, -0.1) is 10.2 Å². The van der Waals surface area contributed by atoms with E-state index in [-0.39, 0.29) is 18.7 Å². The molecule has 10 heteroatoms. The fraction of sp³-hybridized carbons (Fsp3) is 0.524. The van der Waals surface area contributed by atoms with Crippen molar-refractivity contribution in [1.29, 1.82) is 0 Å². The molecule has 2 aliphatic rings. The third kappa shape index (κ3) is 5.12. The van der Waals surface area contributed by atoms with Crippen molar-refractivity contribution in [2.75, 3.05) is 49.1 Å². The maximum absolute atomic E-state index is 13.9. The van der Waals surface area contributed by atoms with Crippen molar-refractivity contribution >= 4 is 21.7 Å². The van der Waals surface area contributed by atoms with Gasteiger partial charge in [0.1, 0.15) is 11.6 Å². The van der Waals surface area contributed by atoms with Crippen LogP contribution >= 0.6 is 0 Å². The molecule has 31 heavy (non-hydrogen) atoms. The van der Waals surface area contributed by atoms with Crippen LogP contribution in [0.1, 0.15) is 25.3 Å². The summed E-state index contributed by atoms with van der Waals surface area (Å²) in [5.41, 5.74) is -0.156. The fourth-order valence-electron chi connectivity index (χ4n) is 4.03. The average Bonchev–Trinajstić information content (AvgIpc) is 2.77. The van der Waals surface area contributed by atoms with Crippen LogP contribution < -0.4 is 9.80 Å². The van der Waals surface area contributed by atoms with Gasteiger partial charge in [0.2, 0.25) is 10.0 Å². The highest BCUT2D eigenvalue weighted by atomic mass is 32.2. The monoisotopic (exact) mass is 451 g/mol. The van der Waals surface area contributed by atoms with Crippen LogP contribution in [0.4, 0.5) is 20.4 Å². The standard InChI is InChI=1S/C21H27F2N5O2S/c1-16-6-8-26(9-7-16)20-4-5-21(25-24-20)27-10-12-28(13-11-27)31(29,30)15-17-14-18(22)2-3-19(17)23/h2-5,14,16H,6-13,15H2,1H3. The zero-order chi connectivity index (χ0) is 22.0. The Labute approximate surface area is 181 Å². The molecular formula is C21H27F2N5O2S. The molecule has 2 aliphatic heterocycles. The smallest absolute Gasteiger partial charge is 0.218 e. The number of hydrogen-bond acceptors (Lipinski definition) is 6. The van der Waals surface area contributed by atoms with E-state index in [0.717, 1.165) is 55.9 Å². The minimum atomic E-state index is -3.75. The summed E-state index contributed by atoms with van der Waals surface area (Å²) in [5.74, 6) is 0.393. The Morgan fingerprint density at radius 2 is 1.48 bits per heavy atom. The zero-order valence-electron chi connectivity index (χ0n) is 17.5. The van der Waals surface area contributed by atoms with Crippen molar-refractivity contribution in [3.63, 3.8) is 0 Å². The molecule has 0 bridgehead atoms. The van der Waals surface area contributed by atoms with Crippen molar-refractivity contribution in [2.24, 2.45) is 5.92 Å². The van der Waals surface area contributed by atoms with Crippen LogP contribution in [0.3, 0.4) is 0 Å². The number of hydrogen-bond donors (Lipinski definition) is 0. The Bertz CT molecular complexity index is 1000. The lowest BCUT2D eigenvalue weighted by atomic mass is 9.99. The molecular weight excluding hydrogens is 424 g/mol. The molecule has 0 radical (unpaired) electrons. The Morgan fingerprint density at radius 1 is 0.903 bits per heavy atom. The molecule has 4 rings (SSSR count). The van der Waals surface area contributed by atoms with Gasteiger partial charge in [-0.1, -0.05) is 6.92 Å². The third-order valence-corrected chi connectivity index (χ3v) is 7.87. The predicted octanol–water partition coefficient (Wildman–Crippen LogP) is 2.64. The van der Waals surface area contributed by atoms with Crippen LogP contribution in [0.25, 0.3) is 0 Å². The van der Waals surface area contributed by atoms with Crippen LogP contribution in [0, 0.1) is 17.6 Å². The van der Waals surface area contributed by atoms with Gasteiger partial charge in [-0.3, -0.25) is 0 Å². The van der Waals surface area contributed by atoms with Crippen LogP contribution in [0.15, 0.2) is 30.3 Å². The van der Waals surface area contributed by atoms with E-state index in [1.54, 1.807) is 0 Å². The van der Waals surface area contributed by atoms with Gasteiger partial charge < -0.3 is 9.80 Å². The lowest BCUT2D eigenvalue weighted by Crippen LogP contribution is -2.49. The Balaban J connectivity index is 1.35. The van der Waals surface area contributed by atoms with Gasteiger partial charge in [-0.2, -0.15) is 4.31 Å². The average molecular weight is 452 g/mol. The largest absolute Gasteiger partial charge is 0.355 e. The lowest BCUT2D eigenvalue weighted by Gasteiger charge is -2.35. The number of rotatable bonds is 5. The summed E-state index contributed by atoms with van der Waals surface area (Å²) < 4.78 is 53.9. The summed E-state index contributed by atoms with van der Waals surface area (Å²) in [7, 11) is -3.75. The van der Waals surface area contributed by atoms with E-state index in [2.05, 4.69) is 22.0 Å². The minimum absolute atomic E-state index is 0.156. The molecule has 1 aromatic heterocycles. The summed E-state index contributed by atoms with van der Waals surface area (Å²) >= 11 is 0. The normalized spacial score (nSPS) is 19.1. The maximum atomic E-state index is 13.9. The number of aromatic nitrogens is 2. The third-order valence-electron chi connectivity index (χ3n) is 6.05. The van der Waals surface area contributed by atoms with E-state index in [1.165, 1.54) is 4.31 Å².